The molecule has 1 saturated heterocycles. The number of carboxylic acids is 2. The molecule has 0 aromatic carbocycles. The number of aliphatic carboxylic acids is 2. The van der Waals surface area contributed by atoms with Crippen LogP contribution in [0.3, 0.4) is 0 Å². The van der Waals surface area contributed by atoms with Gasteiger partial charge in [-0.25, -0.2) is 14.6 Å². The number of aromatic nitrogens is 3. The van der Waals surface area contributed by atoms with E-state index in [2.05, 4.69) is 25.5 Å². The molecule has 0 bridgehead atoms. The highest BCUT2D eigenvalue weighted by Gasteiger charge is 2.30. The normalized spacial score (nSPS) is 18.0. The topological polar surface area (TPSA) is 205 Å². The quantitative estimate of drug-likeness (QED) is 0.195. The summed E-state index contributed by atoms with van der Waals surface area (Å²) in [6, 6.07) is 8.71. The van der Waals surface area contributed by atoms with Crippen LogP contribution in [0, 0.1) is 5.92 Å². The van der Waals surface area contributed by atoms with Gasteiger partial charge in [-0.3, -0.25) is 19.5 Å². The van der Waals surface area contributed by atoms with Gasteiger partial charge >= 0.3 is 11.9 Å². The van der Waals surface area contributed by atoms with Crippen molar-refractivity contribution < 1.29 is 39.2 Å². The van der Waals surface area contributed by atoms with E-state index in [1.165, 1.54) is 6.07 Å². The van der Waals surface area contributed by atoms with Gasteiger partial charge in [-0.05, 0) is 18.2 Å². The van der Waals surface area contributed by atoms with Gasteiger partial charge in [0.2, 0.25) is 0 Å². The standard InChI is InChI=1S/C24H28N6O5.C4H4O4/c1-34-17-8-19-18(26-11-17)3-5-23(33)30(19)7-6-29-12-15(20(31)13-29)9-25-10-16-2-4-21-24(27-16)28-22(32)14-35-21;5-3(6)1-2-4(7)8/h2-5,8,11,15,20,25,31H,6-7,9-10,12-14H2,1H3,(H,27,28,32);1-2H,(H,5,6)(H,7,8)/t15-,20+;/m1./s1. The van der Waals surface area contributed by atoms with E-state index in [1.807, 2.05) is 12.1 Å². The molecule has 15 heteroatoms. The van der Waals surface area contributed by atoms with E-state index in [4.69, 9.17) is 19.7 Å². The number of likely N-dealkylation sites (tertiary alicyclic amines) is 1. The van der Waals surface area contributed by atoms with Crippen LogP contribution in [0.1, 0.15) is 5.69 Å². The number of amides is 1. The van der Waals surface area contributed by atoms with Crippen molar-refractivity contribution >= 4 is 34.7 Å². The molecule has 0 radical (unpaired) electrons. The molecule has 5 rings (SSSR count). The van der Waals surface area contributed by atoms with Crippen LogP contribution in [0.25, 0.3) is 11.0 Å². The number of aliphatic hydroxyl groups is 1. The lowest BCUT2D eigenvalue weighted by molar-refractivity contribution is -0.134. The third kappa shape index (κ3) is 8.57. The van der Waals surface area contributed by atoms with Crippen LogP contribution >= 0.6 is 0 Å². The largest absolute Gasteiger partial charge is 0.495 e. The SMILES string of the molecule is COc1cnc2ccc(=O)n(CCN3C[C@@H](CNCc4ccc5c(n4)NC(=O)CO5)[C@@H](O)C3)c2c1.O=C(O)C=CC(=O)O. The average molecular weight is 597 g/mol. The molecule has 5 heterocycles. The first kappa shape index (κ1) is 31.1. The van der Waals surface area contributed by atoms with Gasteiger partial charge in [-0.2, -0.15) is 0 Å². The van der Waals surface area contributed by atoms with Crippen LogP contribution in [-0.2, 0) is 27.5 Å². The molecule has 228 valence electrons. The zero-order valence-corrected chi connectivity index (χ0v) is 23.3. The lowest BCUT2D eigenvalue weighted by Crippen LogP contribution is -2.31. The van der Waals surface area contributed by atoms with Crippen molar-refractivity contribution in [1.82, 2.24) is 24.8 Å². The van der Waals surface area contributed by atoms with Gasteiger partial charge in [0.05, 0.1) is 36.1 Å². The van der Waals surface area contributed by atoms with E-state index in [9.17, 15) is 24.3 Å². The van der Waals surface area contributed by atoms with E-state index < -0.39 is 18.0 Å². The summed E-state index contributed by atoms with van der Waals surface area (Å²) in [6.45, 7) is 3.52. The van der Waals surface area contributed by atoms with Crippen molar-refractivity contribution in [2.75, 3.05) is 45.2 Å². The lowest BCUT2D eigenvalue weighted by Gasteiger charge is -2.18. The molecular formula is C28H32N6O9. The van der Waals surface area contributed by atoms with E-state index in [1.54, 1.807) is 30.0 Å². The van der Waals surface area contributed by atoms with Gasteiger partial charge in [0.1, 0.15) is 5.75 Å². The number of pyridine rings is 3. The van der Waals surface area contributed by atoms with Gasteiger partial charge in [0, 0.05) is 69.5 Å². The Hall–Kier alpha value is -4.86. The monoisotopic (exact) mass is 596 g/mol. The number of anilines is 1. The molecule has 0 aliphatic carbocycles. The lowest BCUT2D eigenvalue weighted by atomic mass is 10.1. The Labute approximate surface area is 245 Å². The third-order valence-corrected chi connectivity index (χ3v) is 6.78. The predicted molar refractivity (Wildman–Crippen MR) is 153 cm³/mol. The summed E-state index contributed by atoms with van der Waals surface area (Å²) in [5.74, 6) is -1.08. The molecule has 2 aliphatic rings. The number of carbonyl (C=O) groups is 3. The highest BCUT2D eigenvalue weighted by molar-refractivity contribution is 5.94. The van der Waals surface area contributed by atoms with E-state index in [0.717, 1.165) is 23.3 Å². The molecule has 15 nitrogen and oxygen atoms in total. The maximum Gasteiger partial charge on any atom is 0.328 e. The molecule has 0 saturated carbocycles. The summed E-state index contributed by atoms with van der Waals surface area (Å²) >= 11 is 0. The van der Waals surface area contributed by atoms with E-state index >= 15 is 0 Å². The van der Waals surface area contributed by atoms with Crippen molar-refractivity contribution in [2.24, 2.45) is 5.92 Å². The molecule has 0 spiro atoms. The second-order valence-corrected chi connectivity index (χ2v) is 9.82. The smallest absolute Gasteiger partial charge is 0.328 e. The number of aliphatic hydroxyl groups excluding tert-OH is 1. The predicted octanol–water partition coefficient (Wildman–Crippen LogP) is -0.0747. The Balaban J connectivity index is 0.000000467. The van der Waals surface area contributed by atoms with Gasteiger partial charge in [0.25, 0.3) is 11.5 Å². The van der Waals surface area contributed by atoms with Crippen molar-refractivity contribution in [3.8, 4) is 11.5 Å². The third-order valence-electron chi connectivity index (χ3n) is 6.78. The summed E-state index contributed by atoms with van der Waals surface area (Å²) in [5, 5.41) is 32.3. The summed E-state index contributed by atoms with van der Waals surface area (Å²) in [5.41, 5.74) is 2.15. The number of β-amino-alcohol motifs (C(OH)–C–C–N with tert-alkyl or cyclic N) is 1. The van der Waals surface area contributed by atoms with E-state index in [0.29, 0.717) is 62.2 Å². The van der Waals surface area contributed by atoms with Gasteiger partial charge in [0.15, 0.2) is 18.2 Å². The number of nitrogens with one attached hydrogen (secondary N) is 2. The zero-order valence-electron chi connectivity index (χ0n) is 23.3. The maximum atomic E-state index is 12.5. The molecule has 5 N–H and O–H groups in total. The van der Waals surface area contributed by atoms with E-state index in [-0.39, 0.29) is 24.0 Å². The first-order chi connectivity index (χ1) is 20.6. The van der Waals surface area contributed by atoms with Crippen LogP contribution in [-0.4, -0.2) is 98.6 Å². The number of hydrogen-bond donors (Lipinski definition) is 5. The fourth-order valence-electron chi connectivity index (χ4n) is 4.69. The summed E-state index contributed by atoms with van der Waals surface area (Å²) in [4.78, 5) is 54.1. The van der Waals surface area contributed by atoms with Crippen molar-refractivity contribution in [3.05, 3.63) is 64.7 Å². The first-order valence-corrected chi connectivity index (χ1v) is 13.3. The van der Waals surface area contributed by atoms with Gasteiger partial charge in [-0.15, -0.1) is 0 Å². The first-order valence-electron chi connectivity index (χ1n) is 13.3. The Morgan fingerprint density at radius 3 is 2.63 bits per heavy atom. The van der Waals surface area contributed by atoms with Crippen molar-refractivity contribution in [2.45, 2.75) is 19.2 Å². The molecule has 1 amide bonds. The Kier molecular flexibility index (Phi) is 10.4. The molecule has 2 aliphatic heterocycles. The molecule has 1 fully saturated rings. The number of ether oxygens (including phenoxy) is 2. The average Bonchev–Trinajstić information content (AvgIpc) is 3.34. The highest BCUT2D eigenvalue weighted by atomic mass is 16.5. The zero-order chi connectivity index (χ0) is 30.9. The van der Waals surface area contributed by atoms with Crippen LogP contribution in [0.5, 0.6) is 11.5 Å². The van der Waals surface area contributed by atoms with Gasteiger partial charge in [-0.1, -0.05) is 0 Å². The fourth-order valence-corrected chi connectivity index (χ4v) is 4.69. The second kappa shape index (κ2) is 14.4. The van der Waals surface area contributed by atoms with Crippen LogP contribution in [0.15, 0.2) is 53.5 Å². The minimum Gasteiger partial charge on any atom is -0.495 e. The number of fused-ring (bicyclic) bond motifs is 2. The van der Waals surface area contributed by atoms with Crippen LogP contribution < -0.4 is 25.7 Å². The number of methoxy groups -OCH3 is 1. The number of nitrogens with zero attached hydrogens (tertiary/aromatic N) is 4. The molecule has 3 aromatic heterocycles. The molecule has 43 heavy (non-hydrogen) atoms. The fraction of sp³-hybridized carbons (Fsp3) is 0.357. The maximum absolute atomic E-state index is 12.5. The summed E-state index contributed by atoms with van der Waals surface area (Å²) in [7, 11) is 1.57. The van der Waals surface area contributed by atoms with Crippen LogP contribution in [0.2, 0.25) is 0 Å². The summed E-state index contributed by atoms with van der Waals surface area (Å²) in [6.07, 6.45) is 2.29. The number of rotatable bonds is 10. The number of carboxylic acid groups (broad SMARTS) is 2. The minimum absolute atomic E-state index is 0.00254. The van der Waals surface area contributed by atoms with Crippen molar-refractivity contribution in [1.29, 1.82) is 0 Å². The second-order valence-electron chi connectivity index (χ2n) is 9.82. The Morgan fingerprint density at radius 1 is 1.14 bits per heavy atom. The van der Waals surface area contributed by atoms with Crippen molar-refractivity contribution in [3.63, 3.8) is 0 Å². The minimum atomic E-state index is -1.26. The highest BCUT2D eigenvalue weighted by Crippen LogP contribution is 2.25. The molecule has 2 atom stereocenters. The molecule has 3 aromatic rings. The summed E-state index contributed by atoms with van der Waals surface area (Å²) < 4.78 is 12.3. The number of hydrogen-bond acceptors (Lipinski definition) is 11. The van der Waals surface area contributed by atoms with Crippen LogP contribution in [0.4, 0.5) is 5.82 Å². The number of carbonyl (C=O) groups excluding carboxylic acids is 1. The molecule has 0 unspecified atom stereocenters. The Morgan fingerprint density at radius 2 is 1.91 bits per heavy atom. The Bertz CT molecular complexity index is 1560. The molecular weight excluding hydrogens is 564 g/mol. The van der Waals surface area contributed by atoms with Gasteiger partial charge < -0.3 is 40.0 Å².